The minimum Gasteiger partial charge on any atom is -0.365 e. The second-order valence-corrected chi connectivity index (χ2v) is 5.91. The number of nitrogens with one attached hydrogen (secondary N) is 1. The Balaban J connectivity index is 2.51. The third-order valence-electron chi connectivity index (χ3n) is 1.95. The molecule has 2 heterocycles. The van der Waals surface area contributed by atoms with Gasteiger partial charge in [0.25, 0.3) is 0 Å². The molecule has 0 aliphatic rings. The monoisotopic (exact) mass is 221 g/mol. The Morgan fingerprint density at radius 3 is 2.67 bits per heavy atom. The van der Waals surface area contributed by atoms with Crippen LogP contribution in [-0.2, 0) is 0 Å². The van der Waals surface area contributed by atoms with Crippen LogP contribution in [0.15, 0.2) is 12.4 Å². The van der Waals surface area contributed by atoms with E-state index < -0.39 is 0 Å². The molecule has 0 spiro atoms. The number of aryl methyl sites for hydroxylation is 1. The molecule has 0 saturated carbocycles. The number of hydrogen-bond acceptors (Lipinski definition) is 4. The van der Waals surface area contributed by atoms with Gasteiger partial charge in [-0.3, -0.25) is 0 Å². The van der Waals surface area contributed by atoms with Crippen LogP contribution in [0.1, 0.15) is 25.6 Å². The van der Waals surface area contributed by atoms with Crippen LogP contribution in [0.3, 0.4) is 0 Å². The third-order valence-corrected chi connectivity index (χ3v) is 2.90. The lowest BCUT2D eigenvalue weighted by atomic mass is 10.1. The van der Waals surface area contributed by atoms with E-state index >= 15 is 0 Å². The summed E-state index contributed by atoms with van der Waals surface area (Å²) in [6.45, 7) is 8.47. The van der Waals surface area contributed by atoms with E-state index in [1.54, 1.807) is 17.7 Å². The Labute approximate surface area is 93.6 Å². The molecule has 0 unspecified atom stereocenters. The van der Waals surface area contributed by atoms with Gasteiger partial charge in [-0.2, -0.15) is 0 Å². The van der Waals surface area contributed by atoms with Crippen LogP contribution in [-0.4, -0.2) is 15.5 Å². The van der Waals surface area contributed by atoms with Gasteiger partial charge in [0.05, 0.1) is 5.39 Å². The van der Waals surface area contributed by atoms with Gasteiger partial charge in [0.15, 0.2) is 0 Å². The van der Waals surface area contributed by atoms with Gasteiger partial charge in [0.1, 0.15) is 17.0 Å². The number of anilines is 1. The average Bonchev–Trinajstić information content (AvgIpc) is 2.43. The maximum absolute atomic E-state index is 4.29. The minimum atomic E-state index is 0.0249. The quantitative estimate of drug-likeness (QED) is 0.803. The summed E-state index contributed by atoms with van der Waals surface area (Å²) in [4.78, 5) is 10.9. The molecule has 3 nitrogen and oxygen atoms in total. The van der Waals surface area contributed by atoms with Gasteiger partial charge in [0, 0.05) is 10.4 Å². The average molecular weight is 221 g/mol. The largest absolute Gasteiger partial charge is 0.365 e. The molecule has 15 heavy (non-hydrogen) atoms. The highest BCUT2D eigenvalue weighted by Gasteiger charge is 2.13. The molecule has 0 amide bonds. The molecule has 0 bridgehead atoms. The first-order chi connectivity index (χ1) is 6.96. The summed E-state index contributed by atoms with van der Waals surface area (Å²) in [7, 11) is 0. The number of nitrogens with zero attached hydrogens (tertiary/aromatic N) is 2. The SMILES string of the molecule is Cc1cc2c(NC(C)(C)C)ncnc2s1. The number of aromatic nitrogens is 2. The molecule has 0 aliphatic heterocycles. The van der Waals surface area contributed by atoms with Gasteiger partial charge in [-0.05, 0) is 33.8 Å². The Kier molecular flexibility index (Phi) is 2.38. The van der Waals surface area contributed by atoms with Gasteiger partial charge >= 0.3 is 0 Å². The van der Waals surface area contributed by atoms with Gasteiger partial charge in [0.2, 0.25) is 0 Å². The van der Waals surface area contributed by atoms with Crippen molar-refractivity contribution in [1.82, 2.24) is 9.97 Å². The summed E-state index contributed by atoms with van der Waals surface area (Å²) in [5, 5.41) is 4.51. The standard InChI is InChI=1S/C11H15N3S/c1-7-5-8-9(14-11(2,3)4)12-6-13-10(8)15-7/h5-6H,1-4H3,(H,12,13,14). The molecule has 2 aromatic rings. The molecule has 0 radical (unpaired) electrons. The molecule has 0 atom stereocenters. The summed E-state index contributed by atoms with van der Waals surface area (Å²) in [6.07, 6.45) is 1.62. The van der Waals surface area contributed by atoms with Gasteiger partial charge in [-0.15, -0.1) is 11.3 Å². The second-order valence-electron chi connectivity index (χ2n) is 4.67. The molecular weight excluding hydrogens is 206 g/mol. The first kappa shape index (κ1) is 10.4. The van der Waals surface area contributed by atoms with E-state index in [2.05, 4.69) is 49.0 Å². The van der Waals surface area contributed by atoms with Crippen LogP contribution < -0.4 is 5.32 Å². The van der Waals surface area contributed by atoms with Crippen LogP contribution in [0.4, 0.5) is 5.82 Å². The molecule has 4 heteroatoms. The van der Waals surface area contributed by atoms with Crippen molar-refractivity contribution in [3.05, 3.63) is 17.3 Å². The summed E-state index contributed by atoms with van der Waals surface area (Å²) in [5.74, 6) is 0.928. The van der Waals surface area contributed by atoms with Crippen molar-refractivity contribution in [2.24, 2.45) is 0 Å². The van der Waals surface area contributed by atoms with E-state index in [1.165, 1.54) is 4.88 Å². The van der Waals surface area contributed by atoms with E-state index in [0.29, 0.717) is 0 Å². The van der Waals surface area contributed by atoms with Crippen molar-refractivity contribution in [2.45, 2.75) is 33.2 Å². The fraction of sp³-hybridized carbons (Fsp3) is 0.455. The fourth-order valence-corrected chi connectivity index (χ4v) is 2.28. The van der Waals surface area contributed by atoms with E-state index in [4.69, 9.17) is 0 Å². The number of fused-ring (bicyclic) bond motifs is 1. The zero-order valence-electron chi connectivity index (χ0n) is 9.46. The molecule has 0 fully saturated rings. The highest BCUT2D eigenvalue weighted by molar-refractivity contribution is 7.18. The topological polar surface area (TPSA) is 37.8 Å². The van der Waals surface area contributed by atoms with E-state index in [9.17, 15) is 0 Å². The lowest BCUT2D eigenvalue weighted by molar-refractivity contribution is 0.631. The maximum atomic E-state index is 4.29. The highest BCUT2D eigenvalue weighted by Crippen LogP contribution is 2.28. The van der Waals surface area contributed by atoms with Crippen LogP contribution in [0.2, 0.25) is 0 Å². The Bertz CT molecular complexity index is 482. The highest BCUT2D eigenvalue weighted by atomic mass is 32.1. The molecule has 80 valence electrons. The summed E-state index contributed by atoms with van der Waals surface area (Å²) in [6, 6.07) is 2.13. The van der Waals surface area contributed by atoms with Crippen LogP contribution in [0, 0.1) is 6.92 Å². The first-order valence-electron chi connectivity index (χ1n) is 4.95. The smallest absolute Gasteiger partial charge is 0.138 e. The Morgan fingerprint density at radius 1 is 1.27 bits per heavy atom. The lowest BCUT2D eigenvalue weighted by Gasteiger charge is -2.21. The van der Waals surface area contributed by atoms with Crippen molar-refractivity contribution in [2.75, 3.05) is 5.32 Å². The number of hydrogen-bond donors (Lipinski definition) is 1. The van der Waals surface area contributed by atoms with E-state index in [-0.39, 0.29) is 5.54 Å². The van der Waals surface area contributed by atoms with E-state index in [0.717, 1.165) is 16.0 Å². The van der Waals surface area contributed by atoms with Crippen LogP contribution in [0.5, 0.6) is 0 Å². The Hall–Kier alpha value is -1.16. The molecule has 1 N–H and O–H groups in total. The summed E-state index contributed by atoms with van der Waals surface area (Å²) in [5.41, 5.74) is 0.0249. The third kappa shape index (κ3) is 2.26. The normalized spacial score (nSPS) is 12.0. The van der Waals surface area contributed by atoms with Crippen molar-refractivity contribution in [3.8, 4) is 0 Å². The molecular formula is C11H15N3S. The molecule has 2 aromatic heterocycles. The van der Waals surface area contributed by atoms with Crippen molar-refractivity contribution in [3.63, 3.8) is 0 Å². The molecule has 0 saturated heterocycles. The zero-order chi connectivity index (χ0) is 11.1. The van der Waals surface area contributed by atoms with Crippen molar-refractivity contribution < 1.29 is 0 Å². The minimum absolute atomic E-state index is 0.0249. The maximum Gasteiger partial charge on any atom is 0.138 e. The van der Waals surface area contributed by atoms with Crippen LogP contribution in [0.25, 0.3) is 10.2 Å². The van der Waals surface area contributed by atoms with E-state index in [1.807, 2.05) is 0 Å². The predicted molar refractivity (Wildman–Crippen MR) is 65.5 cm³/mol. The van der Waals surface area contributed by atoms with Crippen molar-refractivity contribution in [1.29, 1.82) is 0 Å². The van der Waals surface area contributed by atoms with Gasteiger partial charge in [-0.25, -0.2) is 9.97 Å². The van der Waals surface area contributed by atoms with Gasteiger partial charge < -0.3 is 5.32 Å². The number of rotatable bonds is 1. The Morgan fingerprint density at radius 2 is 2.00 bits per heavy atom. The first-order valence-corrected chi connectivity index (χ1v) is 5.77. The number of thiophene rings is 1. The van der Waals surface area contributed by atoms with Crippen LogP contribution >= 0.6 is 11.3 Å². The predicted octanol–water partition coefficient (Wildman–Crippen LogP) is 3.21. The fourth-order valence-electron chi connectivity index (χ4n) is 1.43. The molecule has 0 aliphatic carbocycles. The summed E-state index contributed by atoms with van der Waals surface area (Å²) >= 11 is 1.70. The lowest BCUT2D eigenvalue weighted by Crippen LogP contribution is -2.26. The second kappa shape index (κ2) is 3.45. The molecule has 2 rings (SSSR count). The summed E-state index contributed by atoms with van der Waals surface area (Å²) < 4.78 is 0. The van der Waals surface area contributed by atoms with Crippen molar-refractivity contribution >= 4 is 27.4 Å². The molecule has 0 aromatic carbocycles. The van der Waals surface area contributed by atoms with Gasteiger partial charge in [-0.1, -0.05) is 0 Å². The zero-order valence-corrected chi connectivity index (χ0v) is 10.3.